The van der Waals surface area contributed by atoms with Gasteiger partial charge in [-0.2, -0.15) is 0 Å². The zero-order valence-electron chi connectivity index (χ0n) is 18.3. The minimum atomic E-state index is 0.154. The molecule has 0 aliphatic carbocycles. The van der Waals surface area contributed by atoms with Gasteiger partial charge in [0, 0.05) is 44.8 Å². The molecule has 4 nitrogen and oxygen atoms in total. The summed E-state index contributed by atoms with van der Waals surface area (Å²) < 4.78 is 0. The van der Waals surface area contributed by atoms with Gasteiger partial charge in [-0.1, -0.05) is 54.6 Å². The summed E-state index contributed by atoms with van der Waals surface area (Å²) in [5.41, 5.74) is 3.36. The molecular weight excluding hydrogens is 382 g/mol. The van der Waals surface area contributed by atoms with Crippen LogP contribution < -0.4 is 0 Å². The van der Waals surface area contributed by atoms with Crippen molar-refractivity contribution in [1.29, 1.82) is 0 Å². The fraction of sp³-hybridized carbons (Fsp3) is 0.370. The fourth-order valence-electron chi connectivity index (χ4n) is 5.06. The molecule has 1 unspecified atom stereocenters. The summed E-state index contributed by atoms with van der Waals surface area (Å²) in [6.45, 7) is 6.26. The molecule has 0 aromatic heterocycles. The zero-order valence-corrected chi connectivity index (χ0v) is 18.3. The average molecular weight is 414 g/mol. The summed E-state index contributed by atoms with van der Waals surface area (Å²) in [5, 5.41) is 2.50. The van der Waals surface area contributed by atoms with Crippen molar-refractivity contribution in [1.82, 2.24) is 14.7 Å². The van der Waals surface area contributed by atoms with Gasteiger partial charge in [-0.05, 0) is 53.9 Å². The van der Waals surface area contributed by atoms with E-state index in [0.29, 0.717) is 0 Å². The van der Waals surface area contributed by atoms with Crippen LogP contribution in [-0.4, -0.2) is 60.4 Å². The van der Waals surface area contributed by atoms with Crippen LogP contribution in [-0.2, 0) is 6.54 Å². The van der Waals surface area contributed by atoms with Crippen molar-refractivity contribution in [2.24, 2.45) is 0 Å². The molecule has 0 N–H and O–H groups in total. The molecule has 2 heterocycles. The van der Waals surface area contributed by atoms with Gasteiger partial charge in [0.1, 0.15) is 0 Å². The Morgan fingerprint density at radius 3 is 2.42 bits per heavy atom. The molecule has 2 fully saturated rings. The molecular formula is C27H31N3O. The van der Waals surface area contributed by atoms with E-state index in [2.05, 4.69) is 76.3 Å². The minimum Gasteiger partial charge on any atom is -0.332 e. The van der Waals surface area contributed by atoms with Crippen molar-refractivity contribution in [2.45, 2.75) is 25.4 Å². The van der Waals surface area contributed by atoms with Gasteiger partial charge in [-0.25, -0.2) is 0 Å². The second kappa shape index (κ2) is 8.81. The fourth-order valence-corrected chi connectivity index (χ4v) is 5.06. The quantitative estimate of drug-likeness (QED) is 0.627. The smallest absolute Gasteiger partial charge is 0.254 e. The number of carbonyl (C=O) groups is 1. The topological polar surface area (TPSA) is 26.8 Å². The normalized spacial score (nSPS) is 20.4. The second-order valence-corrected chi connectivity index (χ2v) is 9.00. The summed E-state index contributed by atoms with van der Waals surface area (Å²) >= 11 is 0. The van der Waals surface area contributed by atoms with Crippen LogP contribution in [0.3, 0.4) is 0 Å². The van der Waals surface area contributed by atoms with Crippen LogP contribution in [0.1, 0.15) is 40.4 Å². The molecule has 2 aliphatic heterocycles. The molecule has 2 saturated heterocycles. The van der Waals surface area contributed by atoms with E-state index >= 15 is 0 Å². The lowest BCUT2D eigenvalue weighted by Gasteiger charge is -2.32. The molecule has 5 rings (SSSR count). The van der Waals surface area contributed by atoms with Gasteiger partial charge in [0.2, 0.25) is 0 Å². The van der Waals surface area contributed by atoms with Crippen LogP contribution in [0.5, 0.6) is 0 Å². The highest BCUT2D eigenvalue weighted by molar-refractivity contribution is 5.95. The molecule has 0 radical (unpaired) electrons. The highest BCUT2D eigenvalue weighted by Gasteiger charge is 2.31. The maximum Gasteiger partial charge on any atom is 0.254 e. The molecule has 2 aliphatic rings. The first kappa shape index (κ1) is 20.2. The van der Waals surface area contributed by atoms with Gasteiger partial charge in [-0.15, -0.1) is 0 Å². The number of nitrogens with zero attached hydrogens (tertiary/aromatic N) is 3. The number of benzene rings is 3. The van der Waals surface area contributed by atoms with E-state index in [9.17, 15) is 4.79 Å². The number of hydrogen-bond donors (Lipinski definition) is 0. The van der Waals surface area contributed by atoms with Gasteiger partial charge >= 0.3 is 0 Å². The summed E-state index contributed by atoms with van der Waals surface area (Å²) in [4.78, 5) is 20.4. The Balaban J connectivity index is 1.32. The van der Waals surface area contributed by atoms with Crippen LogP contribution in [0.4, 0.5) is 0 Å². The number of piperazine rings is 1. The first-order valence-corrected chi connectivity index (χ1v) is 11.5. The van der Waals surface area contributed by atoms with Gasteiger partial charge in [0.25, 0.3) is 5.91 Å². The standard InChI is InChI=1S/C27H31N3O/c1-28-16-18-29(19-17-28)20-21-11-13-23(14-12-21)27(31)30-15-5-10-26(30)25-9-4-7-22-6-2-3-8-24(22)25/h2-4,6-9,11-14,26H,5,10,15-20H2,1H3. The Bertz CT molecular complexity index is 1050. The van der Waals surface area contributed by atoms with Crippen LogP contribution in [0.25, 0.3) is 10.8 Å². The van der Waals surface area contributed by atoms with Crippen molar-refractivity contribution < 1.29 is 4.79 Å². The summed E-state index contributed by atoms with van der Waals surface area (Å²) in [6.07, 6.45) is 2.09. The average Bonchev–Trinajstić information content (AvgIpc) is 3.30. The third-order valence-corrected chi connectivity index (χ3v) is 6.90. The number of amides is 1. The Labute approximate surface area is 185 Å². The summed E-state index contributed by atoms with van der Waals surface area (Å²) in [5.74, 6) is 0.154. The first-order valence-electron chi connectivity index (χ1n) is 11.5. The number of fused-ring (bicyclic) bond motifs is 1. The number of hydrogen-bond acceptors (Lipinski definition) is 3. The molecule has 4 heteroatoms. The van der Waals surface area contributed by atoms with E-state index in [0.717, 1.165) is 57.7 Å². The Morgan fingerprint density at radius 1 is 0.871 bits per heavy atom. The number of rotatable bonds is 4. The molecule has 3 aromatic rings. The minimum absolute atomic E-state index is 0.154. The Hall–Kier alpha value is -2.69. The van der Waals surface area contributed by atoms with Crippen LogP contribution >= 0.6 is 0 Å². The van der Waals surface area contributed by atoms with Crippen LogP contribution in [0.15, 0.2) is 66.7 Å². The molecule has 160 valence electrons. The zero-order chi connectivity index (χ0) is 21.2. The van der Waals surface area contributed by atoms with E-state index in [1.54, 1.807) is 0 Å². The van der Waals surface area contributed by atoms with Gasteiger partial charge < -0.3 is 9.80 Å². The predicted octanol–water partition coefficient (Wildman–Crippen LogP) is 4.56. The second-order valence-electron chi connectivity index (χ2n) is 9.00. The van der Waals surface area contributed by atoms with Crippen molar-refractivity contribution >= 4 is 16.7 Å². The lowest BCUT2D eigenvalue weighted by atomic mass is 9.97. The lowest BCUT2D eigenvalue weighted by molar-refractivity contribution is 0.0736. The van der Waals surface area contributed by atoms with Gasteiger partial charge in [-0.3, -0.25) is 9.69 Å². The maximum atomic E-state index is 13.4. The van der Waals surface area contributed by atoms with Crippen molar-refractivity contribution in [3.63, 3.8) is 0 Å². The molecule has 1 amide bonds. The highest BCUT2D eigenvalue weighted by atomic mass is 16.2. The molecule has 0 spiro atoms. The van der Waals surface area contributed by atoms with E-state index < -0.39 is 0 Å². The SMILES string of the molecule is CN1CCN(Cc2ccc(C(=O)N3CCCC3c3cccc4ccccc34)cc2)CC1. The van der Waals surface area contributed by atoms with E-state index in [1.807, 2.05) is 12.1 Å². The monoisotopic (exact) mass is 413 g/mol. The summed E-state index contributed by atoms with van der Waals surface area (Å²) in [6, 6.07) is 23.4. The molecule has 1 atom stereocenters. The largest absolute Gasteiger partial charge is 0.332 e. The van der Waals surface area contributed by atoms with Gasteiger partial charge in [0.15, 0.2) is 0 Å². The van der Waals surface area contributed by atoms with Crippen molar-refractivity contribution in [3.8, 4) is 0 Å². The highest BCUT2D eigenvalue weighted by Crippen LogP contribution is 2.36. The van der Waals surface area contributed by atoms with Crippen molar-refractivity contribution in [3.05, 3.63) is 83.4 Å². The summed E-state index contributed by atoms with van der Waals surface area (Å²) in [7, 11) is 2.18. The third kappa shape index (κ3) is 4.23. The molecule has 3 aromatic carbocycles. The van der Waals surface area contributed by atoms with Crippen LogP contribution in [0.2, 0.25) is 0 Å². The number of carbonyl (C=O) groups excluding carboxylic acids is 1. The van der Waals surface area contributed by atoms with E-state index in [1.165, 1.54) is 21.9 Å². The number of likely N-dealkylation sites (N-methyl/N-ethyl adjacent to an activating group) is 1. The molecule has 0 bridgehead atoms. The third-order valence-electron chi connectivity index (χ3n) is 6.90. The lowest BCUT2D eigenvalue weighted by Crippen LogP contribution is -2.43. The van der Waals surface area contributed by atoms with Crippen LogP contribution in [0, 0.1) is 0 Å². The van der Waals surface area contributed by atoms with E-state index in [4.69, 9.17) is 0 Å². The predicted molar refractivity (Wildman–Crippen MR) is 126 cm³/mol. The molecule has 0 saturated carbocycles. The van der Waals surface area contributed by atoms with Gasteiger partial charge in [0.05, 0.1) is 6.04 Å². The maximum absolute atomic E-state index is 13.4. The molecule has 31 heavy (non-hydrogen) atoms. The van der Waals surface area contributed by atoms with E-state index in [-0.39, 0.29) is 11.9 Å². The number of likely N-dealkylation sites (tertiary alicyclic amines) is 1. The first-order chi connectivity index (χ1) is 15.2. The Morgan fingerprint density at radius 2 is 1.61 bits per heavy atom. The Kier molecular flexibility index (Phi) is 5.75. The van der Waals surface area contributed by atoms with Crippen molar-refractivity contribution in [2.75, 3.05) is 39.8 Å².